The highest BCUT2D eigenvalue weighted by Crippen LogP contribution is 2.38. The molecule has 1 aromatic carbocycles. The van der Waals surface area contributed by atoms with E-state index in [-0.39, 0.29) is 27.3 Å². The average Bonchev–Trinajstić information content (AvgIpc) is 3.22. The van der Waals surface area contributed by atoms with Crippen LogP contribution in [0, 0.1) is 18.6 Å². The van der Waals surface area contributed by atoms with E-state index < -0.39 is 23.2 Å². The summed E-state index contributed by atoms with van der Waals surface area (Å²) in [5.74, 6) is -3.15. The van der Waals surface area contributed by atoms with E-state index in [9.17, 15) is 28.3 Å². The van der Waals surface area contributed by atoms with Crippen LogP contribution in [-0.4, -0.2) is 34.4 Å². The number of benzene rings is 1. The first-order valence-corrected chi connectivity index (χ1v) is 10.4. The lowest BCUT2D eigenvalue weighted by molar-refractivity contribution is 0.0699. The van der Waals surface area contributed by atoms with Crippen LogP contribution >= 0.6 is 11.3 Å². The molecule has 0 fully saturated rings. The highest BCUT2D eigenvalue weighted by molar-refractivity contribution is 7.14. The lowest BCUT2D eigenvalue weighted by atomic mass is 10.1. The number of thiophene rings is 1. The van der Waals surface area contributed by atoms with Gasteiger partial charge in [-0.05, 0) is 31.4 Å². The first-order valence-electron chi connectivity index (χ1n) is 9.50. The number of hydrogen-bond donors (Lipinski definition) is 3. The number of aromatic amines is 1. The first-order chi connectivity index (χ1) is 15.3. The number of aryl methyl sites for hydroxylation is 2. The van der Waals surface area contributed by atoms with Crippen molar-refractivity contribution >= 4 is 35.4 Å². The lowest BCUT2D eigenvalue weighted by Gasteiger charge is -2.07. The molecule has 3 N–H and O–H groups in total. The molecule has 0 amide bonds. The van der Waals surface area contributed by atoms with Gasteiger partial charge < -0.3 is 15.4 Å². The summed E-state index contributed by atoms with van der Waals surface area (Å²) in [5, 5.41) is 13.5. The number of carbonyl (C=O) groups is 2. The van der Waals surface area contributed by atoms with E-state index in [1.807, 2.05) is 12.2 Å². The lowest BCUT2D eigenvalue weighted by Crippen LogP contribution is -2.19. The summed E-state index contributed by atoms with van der Waals surface area (Å²) in [7, 11) is 1.57. The number of aromatic carboxylic acids is 1. The maximum atomic E-state index is 13.9. The van der Waals surface area contributed by atoms with Crippen molar-refractivity contribution in [3.05, 3.63) is 73.8 Å². The molecule has 10 heteroatoms. The third-order valence-corrected chi connectivity index (χ3v) is 5.80. The van der Waals surface area contributed by atoms with Crippen molar-refractivity contribution in [3.8, 4) is 10.4 Å². The van der Waals surface area contributed by atoms with Gasteiger partial charge in [0.15, 0.2) is 23.6 Å². The van der Waals surface area contributed by atoms with Gasteiger partial charge in [-0.1, -0.05) is 18.2 Å². The zero-order chi connectivity index (χ0) is 23.4. The molecule has 3 aromatic rings. The van der Waals surface area contributed by atoms with E-state index in [2.05, 4.69) is 15.3 Å². The molecule has 7 nitrogen and oxygen atoms in total. The van der Waals surface area contributed by atoms with Crippen molar-refractivity contribution in [1.29, 1.82) is 0 Å². The van der Waals surface area contributed by atoms with Crippen LogP contribution in [0.2, 0.25) is 0 Å². The Morgan fingerprint density at radius 1 is 1.31 bits per heavy atom. The van der Waals surface area contributed by atoms with Gasteiger partial charge >= 0.3 is 5.97 Å². The van der Waals surface area contributed by atoms with E-state index >= 15 is 0 Å². The van der Waals surface area contributed by atoms with Crippen LogP contribution in [-0.2, 0) is 6.42 Å². The molecule has 0 saturated heterocycles. The summed E-state index contributed by atoms with van der Waals surface area (Å²) in [6.45, 7) is 1.45. The smallest absolute Gasteiger partial charge is 0.339 e. The first kappa shape index (κ1) is 23.0. The molecule has 0 unspecified atom stereocenters. The molecule has 0 aliphatic heterocycles. The molecule has 0 radical (unpaired) electrons. The second-order valence-corrected chi connectivity index (χ2v) is 7.72. The van der Waals surface area contributed by atoms with Crippen LogP contribution in [0.15, 0.2) is 28.4 Å². The Balaban J connectivity index is 0.000000193. The van der Waals surface area contributed by atoms with Gasteiger partial charge in [-0.15, -0.1) is 11.3 Å². The van der Waals surface area contributed by atoms with Gasteiger partial charge in [0.2, 0.25) is 0 Å². The number of aromatic nitrogens is 2. The van der Waals surface area contributed by atoms with Crippen LogP contribution in [0.4, 0.5) is 14.5 Å². The Morgan fingerprint density at radius 2 is 2.06 bits per heavy atom. The van der Waals surface area contributed by atoms with Crippen LogP contribution in [0.5, 0.6) is 0 Å². The monoisotopic (exact) mass is 459 g/mol. The number of carbonyl (C=O) groups excluding carboxylic acids is 1. The highest BCUT2D eigenvalue weighted by atomic mass is 32.1. The SMILES string of the molecule is CNc1csc(-c2ccc(C)c(F)c2F)c1C(=O)O.O=Cc1nc2c([nH]c1=O)C=CCC2. The number of halogens is 2. The number of rotatable bonds is 4. The van der Waals surface area contributed by atoms with Crippen molar-refractivity contribution in [1.82, 2.24) is 9.97 Å². The summed E-state index contributed by atoms with van der Waals surface area (Å²) in [6.07, 6.45) is 5.97. The van der Waals surface area contributed by atoms with E-state index in [1.54, 1.807) is 12.4 Å². The quantitative estimate of drug-likeness (QED) is 0.502. The summed E-state index contributed by atoms with van der Waals surface area (Å²) >= 11 is 1.06. The molecular formula is C22H19F2N3O4S. The molecule has 0 spiro atoms. The second kappa shape index (κ2) is 9.65. The van der Waals surface area contributed by atoms with Gasteiger partial charge in [0, 0.05) is 18.0 Å². The van der Waals surface area contributed by atoms with E-state index in [0.29, 0.717) is 12.0 Å². The molecule has 1 aliphatic rings. The zero-order valence-corrected chi connectivity index (χ0v) is 18.0. The number of carboxylic acid groups (broad SMARTS) is 1. The van der Waals surface area contributed by atoms with E-state index in [1.165, 1.54) is 19.1 Å². The van der Waals surface area contributed by atoms with E-state index in [0.717, 1.165) is 35.6 Å². The summed E-state index contributed by atoms with van der Waals surface area (Å²) in [4.78, 5) is 39.6. The van der Waals surface area contributed by atoms with Crippen molar-refractivity contribution in [2.75, 3.05) is 12.4 Å². The number of aldehydes is 1. The summed E-state index contributed by atoms with van der Waals surface area (Å²) < 4.78 is 27.5. The molecule has 4 rings (SSSR count). The fraction of sp³-hybridized carbons (Fsp3) is 0.182. The molecule has 0 atom stereocenters. The van der Waals surface area contributed by atoms with Gasteiger partial charge in [-0.3, -0.25) is 9.59 Å². The summed E-state index contributed by atoms with van der Waals surface area (Å²) in [6, 6.07) is 2.82. The Labute approximate surface area is 185 Å². The Bertz CT molecular complexity index is 1280. The maximum Gasteiger partial charge on any atom is 0.339 e. The molecule has 0 saturated carbocycles. The highest BCUT2D eigenvalue weighted by Gasteiger charge is 2.23. The van der Waals surface area contributed by atoms with Crippen molar-refractivity contribution in [2.45, 2.75) is 19.8 Å². The standard InChI is InChI=1S/C13H11F2NO2S.C9H8N2O2/c1-6-3-4-7(11(15)10(6)14)12-9(13(17)18)8(16-2)5-19-12;12-5-8-9(13)11-7-4-2-1-3-6(7)10-8/h3-5,16H,1-2H3,(H,17,18);2,4-5H,1,3H2,(H,11,13). The number of carboxylic acids is 1. The number of fused-ring (bicyclic) bond motifs is 1. The zero-order valence-electron chi connectivity index (χ0n) is 17.2. The van der Waals surface area contributed by atoms with Gasteiger partial charge in [0.05, 0.1) is 22.0 Å². The van der Waals surface area contributed by atoms with Gasteiger partial charge in [-0.2, -0.15) is 0 Å². The predicted molar refractivity (Wildman–Crippen MR) is 119 cm³/mol. The van der Waals surface area contributed by atoms with Crippen LogP contribution in [0.25, 0.3) is 16.5 Å². The molecule has 0 bridgehead atoms. The van der Waals surface area contributed by atoms with Gasteiger partial charge in [-0.25, -0.2) is 18.6 Å². The average molecular weight is 459 g/mol. The van der Waals surface area contributed by atoms with Crippen molar-refractivity contribution in [3.63, 3.8) is 0 Å². The molecule has 1 aliphatic carbocycles. The fourth-order valence-corrected chi connectivity index (χ4v) is 4.19. The van der Waals surface area contributed by atoms with Crippen LogP contribution < -0.4 is 10.9 Å². The third kappa shape index (κ3) is 4.50. The Hall–Kier alpha value is -3.66. The number of H-pyrrole nitrogens is 1. The van der Waals surface area contributed by atoms with Crippen molar-refractivity contribution in [2.24, 2.45) is 0 Å². The van der Waals surface area contributed by atoms with Crippen molar-refractivity contribution < 1.29 is 23.5 Å². The predicted octanol–water partition coefficient (Wildman–Crippen LogP) is 4.28. The Kier molecular flexibility index (Phi) is 6.94. The minimum Gasteiger partial charge on any atom is -0.478 e. The van der Waals surface area contributed by atoms with Crippen LogP contribution in [0.1, 0.15) is 44.2 Å². The summed E-state index contributed by atoms with van der Waals surface area (Å²) in [5.41, 5.74) is 1.55. The molecule has 2 heterocycles. The number of anilines is 1. The maximum absolute atomic E-state index is 13.9. The molecule has 2 aromatic heterocycles. The normalized spacial score (nSPS) is 11.9. The van der Waals surface area contributed by atoms with Crippen LogP contribution in [0.3, 0.4) is 0 Å². The minimum atomic E-state index is -1.18. The van der Waals surface area contributed by atoms with E-state index in [4.69, 9.17) is 0 Å². The number of allylic oxidation sites excluding steroid dienone is 1. The number of nitrogens with zero attached hydrogens (tertiary/aromatic N) is 1. The number of hydrogen-bond acceptors (Lipinski definition) is 6. The third-order valence-electron chi connectivity index (χ3n) is 4.79. The minimum absolute atomic E-state index is 0.0333. The van der Waals surface area contributed by atoms with Gasteiger partial charge in [0.1, 0.15) is 5.56 Å². The molecular weight excluding hydrogens is 440 g/mol. The Morgan fingerprint density at radius 3 is 2.72 bits per heavy atom. The fourth-order valence-electron chi connectivity index (χ4n) is 3.12. The largest absolute Gasteiger partial charge is 0.478 e. The van der Waals surface area contributed by atoms with Gasteiger partial charge in [0.25, 0.3) is 5.56 Å². The topological polar surface area (TPSA) is 112 Å². The molecule has 32 heavy (non-hydrogen) atoms. The second-order valence-electron chi connectivity index (χ2n) is 6.84. The molecule has 166 valence electrons. The number of nitrogens with one attached hydrogen (secondary N) is 2.